The number of nitrogen functional groups attached to an aromatic ring is 1. The molecule has 0 unspecified atom stereocenters. The van der Waals surface area contributed by atoms with Gasteiger partial charge in [0.25, 0.3) is 0 Å². The molecule has 0 fully saturated rings. The molecule has 0 radical (unpaired) electrons. The van der Waals surface area contributed by atoms with Crippen LogP contribution in [0.4, 0.5) is 11.4 Å². The molecule has 3 N–H and O–H groups in total. The summed E-state index contributed by atoms with van der Waals surface area (Å²) in [5, 5.41) is 7.53. The second kappa shape index (κ2) is 9.90. The normalized spacial score (nSPS) is 10.8. The Labute approximate surface area is 169 Å². The van der Waals surface area contributed by atoms with Gasteiger partial charge in [-0.1, -0.05) is 41.7 Å². The van der Waals surface area contributed by atoms with Crippen LogP contribution in [0.3, 0.4) is 0 Å². The van der Waals surface area contributed by atoms with Gasteiger partial charge in [-0.2, -0.15) is 4.98 Å². The van der Waals surface area contributed by atoms with E-state index in [1.54, 1.807) is 24.3 Å². The van der Waals surface area contributed by atoms with Gasteiger partial charge in [-0.3, -0.25) is 4.79 Å². The van der Waals surface area contributed by atoms with Crippen molar-refractivity contribution < 1.29 is 9.32 Å². The minimum Gasteiger partial charge on any atom is -0.397 e. The number of nitrogens with zero attached hydrogens (tertiary/aromatic N) is 2. The number of para-hydroxylation sites is 2. The maximum atomic E-state index is 12.0. The smallest absolute Gasteiger partial charge is 0.226 e. The van der Waals surface area contributed by atoms with Gasteiger partial charge in [0.05, 0.1) is 11.4 Å². The van der Waals surface area contributed by atoms with Crippen LogP contribution in [0.5, 0.6) is 0 Å². The molecule has 0 saturated carbocycles. The zero-order valence-corrected chi connectivity index (χ0v) is 16.3. The highest BCUT2D eigenvalue weighted by molar-refractivity contribution is 6.30. The molecule has 0 bridgehead atoms. The molecule has 1 amide bonds. The third kappa shape index (κ3) is 5.82. The van der Waals surface area contributed by atoms with Crippen molar-refractivity contribution in [1.29, 1.82) is 0 Å². The maximum Gasteiger partial charge on any atom is 0.226 e. The van der Waals surface area contributed by atoms with Gasteiger partial charge >= 0.3 is 0 Å². The molecule has 1 heterocycles. The van der Waals surface area contributed by atoms with Crippen molar-refractivity contribution in [2.75, 3.05) is 11.1 Å². The van der Waals surface area contributed by atoms with Crippen LogP contribution in [0.15, 0.2) is 53.1 Å². The fourth-order valence-corrected chi connectivity index (χ4v) is 2.94. The molecule has 0 saturated heterocycles. The van der Waals surface area contributed by atoms with Gasteiger partial charge in [0.15, 0.2) is 0 Å². The molecule has 7 heteroatoms. The number of amides is 1. The predicted octanol–water partition coefficient (Wildman–Crippen LogP) is 5.10. The van der Waals surface area contributed by atoms with Crippen LogP contribution in [0.2, 0.25) is 5.02 Å². The predicted molar refractivity (Wildman–Crippen MR) is 111 cm³/mol. The lowest BCUT2D eigenvalue weighted by Crippen LogP contribution is -2.12. The topological polar surface area (TPSA) is 94.0 Å². The van der Waals surface area contributed by atoms with E-state index in [0.717, 1.165) is 37.7 Å². The van der Waals surface area contributed by atoms with Crippen molar-refractivity contribution in [1.82, 2.24) is 10.1 Å². The van der Waals surface area contributed by atoms with Crippen LogP contribution in [-0.2, 0) is 11.2 Å². The average Bonchev–Trinajstić information content (AvgIpc) is 3.16. The Morgan fingerprint density at radius 2 is 1.79 bits per heavy atom. The molecule has 28 heavy (non-hydrogen) atoms. The number of hydrogen-bond acceptors (Lipinski definition) is 5. The molecule has 3 aromatic rings. The fraction of sp³-hybridized carbons (Fsp3) is 0.286. The van der Waals surface area contributed by atoms with Gasteiger partial charge in [-0.25, -0.2) is 0 Å². The monoisotopic (exact) mass is 398 g/mol. The number of aromatic nitrogens is 2. The van der Waals surface area contributed by atoms with Crippen molar-refractivity contribution in [3.63, 3.8) is 0 Å². The first kappa shape index (κ1) is 19.9. The van der Waals surface area contributed by atoms with E-state index in [2.05, 4.69) is 15.5 Å². The Bertz CT molecular complexity index is 909. The second-order valence-corrected chi connectivity index (χ2v) is 7.00. The second-order valence-electron chi connectivity index (χ2n) is 6.57. The highest BCUT2D eigenvalue weighted by atomic mass is 35.5. The fourth-order valence-electron chi connectivity index (χ4n) is 2.81. The average molecular weight is 399 g/mol. The van der Waals surface area contributed by atoms with Gasteiger partial charge in [-0.15, -0.1) is 0 Å². The van der Waals surface area contributed by atoms with E-state index in [0.29, 0.717) is 34.5 Å². The van der Waals surface area contributed by atoms with E-state index in [1.165, 1.54) is 0 Å². The third-order valence-corrected chi connectivity index (χ3v) is 4.60. The number of aryl methyl sites for hydroxylation is 1. The number of nitrogens with one attached hydrogen (secondary N) is 1. The number of unbranched alkanes of at least 4 members (excludes halogenated alkanes) is 3. The number of benzene rings is 2. The van der Waals surface area contributed by atoms with E-state index >= 15 is 0 Å². The number of hydrogen-bond donors (Lipinski definition) is 2. The van der Waals surface area contributed by atoms with Crippen molar-refractivity contribution in [3.05, 3.63) is 59.4 Å². The molecular formula is C21H23ClN4O2. The maximum absolute atomic E-state index is 12.0. The molecule has 0 aliphatic heterocycles. The molecule has 0 aliphatic carbocycles. The molecule has 6 nitrogen and oxygen atoms in total. The highest BCUT2D eigenvalue weighted by Gasteiger charge is 2.09. The minimum absolute atomic E-state index is 0.0117. The summed E-state index contributed by atoms with van der Waals surface area (Å²) in [4.78, 5) is 16.4. The Morgan fingerprint density at radius 3 is 2.57 bits per heavy atom. The zero-order valence-electron chi connectivity index (χ0n) is 15.5. The summed E-state index contributed by atoms with van der Waals surface area (Å²) in [6.07, 6.45) is 4.95. The summed E-state index contributed by atoms with van der Waals surface area (Å²) in [6, 6.07) is 14.6. The van der Waals surface area contributed by atoms with Gasteiger partial charge in [0.1, 0.15) is 0 Å². The summed E-state index contributed by atoms with van der Waals surface area (Å²) in [7, 11) is 0. The van der Waals surface area contributed by atoms with Crippen molar-refractivity contribution in [2.24, 2.45) is 0 Å². The summed E-state index contributed by atoms with van der Waals surface area (Å²) < 4.78 is 5.30. The zero-order chi connectivity index (χ0) is 19.8. The lowest BCUT2D eigenvalue weighted by Gasteiger charge is -2.07. The third-order valence-electron chi connectivity index (χ3n) is 4.35. The van der Waals surface area contributed by atoms with Crippen LogP contribution in [0.25, 0.3) is 11.4 Å². The first-order valence-corrected chi connectivity index (χ1v) is 9.72. The summed E-state index contributed by atoms with van der Waals surface area (Å²) in [5.74, 6) is 1.19. The van der Waals surface area contributed by atoms with Gasteiger partial charge in [-0.05, 0) is 49.2 Å². The molecule has 0 spiro atoms. The molecule has 0 atom stereocenters. The van der Waals surface area contributed by atoms with Crippen LogP contribution >= 0.6 is 11.6 Å². The molecule has 2 aromatic carbocycles. The molecular weight excluding hydrogens is 376 g/mol. The van der Waals surface area contributed by atoms with Crippen LogP contribution in [-0.4, -0.2) is 16.0 Å². The lowest BCUT2D eigenvalue weighted by atomic mass is 10.1. The first-order chi connectivity index (χ1) is 13.6. The van der Waals surface area contributed by atoms with E-state index < -0.39 is 0 Å². The summed E-state index contributed by atoms with van der Waals surface area (Å²) >= 11 is 5.89. The standard InChI is InChI=1S/C21H23ClN4O2/c22-16-13-11-15(12-14-16)21-25-20(28-26-21)10-4-2-1-3-9-19(27)24-18-8-6-5-7-17(18)23/h5-8,11-14H,1-4,9-10,23H2,(H,24,27). The van der Waals surface area contributed by atoms with Crippen molar-refractivity contribution in [2.45, 2.75) is 38.5 Å². The first-order valence-electron chi connectivity index (χ1n) is 9.35. The largest absolute Gasteiger partial charge is 0.397 e. The van der Waals surface area contributed by atoms with Crippen LogP contribution < -0.4 is 11.1 Å². The SMILES string of the molecule is Nc1ccccc1NC(=O)CCCCCCc1nc(-c2ccc(Cl)cc2)no1. The molecule has 146 valence electrons. The van der Waals surface area contributed by atoms with Gasteiger partial charge in [0.2, 0.25) is 17.6 Å². The molecule has 3 rings (SSSR count). The number of carbonyl (C=O) groups is 1. The number of nitrogens with two attached hydrogens (primary N) is 1. The Kier molecular flexibility index (Phi) is 7.03. The van der Waals surface area contributed by atoms with E-state index in [-0.39, 0.29) is 5.91 Å². The van der Waals surface area contributed by atoms with Gasteiger partial charge in [0, 0.05) is 23.4 Å². The number of carbonyl (C=O) groups excluding carboxylic acids is 1. The Morgan fingerprint density at radius 1 is 1.04 bits per heavy atom. The number of anilines is 2. The van der Waals surface area contributed by atoms with Crippen LogP contribution in [0.1, 0.15) is 38.0 Å². The Balaban J connectivity index is 1.32. The number of halogens is 1. The minimum atomic E-state index is -0.0117. The lowest BCUT2D eigenvalue weighted by molar-refractivity contribution is -0.116. The Hall–Kier alpha value is -2.86. The van der Waals surface area contributed by atoms with E-state index in [9.17, 15) is 4.79 Å². The quantitative estimate of drug-likeness (QED) is 0.386. The van der Waals surface area contributed by atoms with Gasteiger partial charge < -0.3 is 15.6 Å². The molecule has 0 aliphatic rings. The molecule has 1 aromatic heterocycles. The highest BCUT2D eigenvalue weighted by Crippen LogP contribution is 2.20. The summed E-state index contributed by atoms with van der Waals surface area (Å²) in [5.41, 5.74) is 7.95. The van der Waals surface area contributed by atoms with Crippen molar-refractivity contribution >= 4 is 28.9 Å². The van der Waals surface area contributed by atoms with E-state index in [1.807, 2.05) is 24.3 Å². The van der Waals surface area contributed by atoms with Crippen LogP contribution in [0, 0.1) is 0 Å². The number of rotatable bonds is 9. The summed E-state index contributed by atoms with van der Waals surface area (Å²) in [6.45, 7) is 0. The van der Waals surface area contributed by atoms with Crippen molar-refractivity contribution in [3.8, 4) is 11.4 Å². The van der Waals surface area contributed by atoms with E-state index in [4.69, 9.17) is 21.9 Å².